The predicted molar refractivity (Wildman–Crippen MR) is 98.9 cm³/mol. The van der Waals surface area contributed by atoms with E-state index in [-0.39, 0.29) is 11.5 Å². The van der Waals surface area contributed by atoms with Crippen LogP contribution in [0.25, 0.3) is 0 Å². The number of carbonyl (C=O) groups excluding carboxylic acids is 1. The number of hydrogen-bond donors (Lipinski definition) is 0. The summed E-state index contributed by atoms with van der Waals surface area (Å²) in [6, 6.07) is 12.5. The number of benzene rings is 1. The first-order valence-corrected chi connectivity index (χ1v) is 9.20. The molecule has 1 saturated heterocycles. The fourth-order valence-electron chi connectivity index (χ4n) is 3.73. The minimum Gasteiger partial charge on any atom is -0.376 e. The molecule has 0 radical (unpaired) electrons. The van der Waals surface area contributed by atoms with Gasteiger partial charge in [-0.15, -0.1) is 0 Å². The van der Waals surface area contributed by atoms with Crippen molar-refractivity contribution >= 4 is 5.91 Å². The van der Waals surface area contributed by atoms with Gasteiger partial charge in [0.2, 0.25) is 5.91 Å². The van der Waals surface area contributed by atoms with Gasteiger partial charge in [-0.05, 0) is 50.5 Å². The molecule has 1 aromatic rings. The molecule has 0 spiro atoms. The zero-order chi connectivity index (χ0) is 18.3. The quantitative estimate of drug-likeness (QED) is 0.757. The summed E-state index contributed by atoms with van der Waals surface area (Å²) in [6.45, 7) is 5.55. The van der Waals surface area contributed by atoms with Crippen molar-refractivity contribution in [2.75, 3.05) is 20.2 Å². The summed E-state index contributed by atoms with van der Waals surface area (Å²) in [4.78, 5) is 14.3. The smallest absolute Gasteiger partial charge is 0.222 e. The Balaban J connectivity index is 2.08. The van der Waals surface area contributed by atoms with Crippen molar-refractivity contribution in [1.29, 1.82) is 5.26 Å². The molecular formula is C21H30N2O2. The van der Waals surface area contributed by atoms with Crippen LogP contribution in [0.1, 0.15) is 45.1 Å². The van der Waals surface area contributed by atoms with Crippen LogP contribution >= 0.6 is 0 Å². The molecule has 25 heavy (non-hydrogen) atoms. The van der Waals surface area contributed by atoms with E-state index in [0.29, 0.717) is 31.2 Å². The molecule has 1 fully saturated rings. The maximum absolute atomic E-state index is 12.6. The normalized spacial score (nSPS) is 20.5. The highest BCUT2D eigenvalue weighted by molar-refractivity contribution is 5.76. The first-order chi connectivity index (χ1) is 11.9. The highest BCUT2D eigenvalue weighted by Gasteiger charge is 2.34. The number of amides is 1. The van der Waals surface area contributed by atoms with Crippen LogP contribution in [0, 0.1) is 23.2 Å². The molecule has 4 heteroatoms. The number of nitrogens with zero attached hydrogens (tertiary/aromatic N) is 2. The Kier molecular flexibility index (Phi) is 7.01. The molecule has 1 aliphatic heterocycles. The molecule has 1 aromatic carbocycles. The Hall–Kier alpha value is -1.86. The van der Waals surface area contributed by atoms with Gasteiger partial charge < -0.3 is 9.64 Å². The SMILES string of the molecule is CN(CCC#N)C(=O)C[C@@H](Cc1ccccc1)[C@@H]1CCOC(C)(C)C1. The van der Waals surface area contributed by atoms with E-state index in [1.807, 2.05) is 6.07 Å². The Morgan fingerprint density at radius 2 is 2.12 bits per heavy atom. The molecule has 0 aliphatic carbocycles. The van der Waals surface area contributed by atoms with Gasteiger partial charge in [-0.1, -0.05) is 30.3 Å². The summed E-state index contributed by atoms with van der Waals surface area (Å²) in [7, 11) is 1.80. The van der Waals surface area contributed by atoms with E-state index in [4.69, 9.17) is 10.00 Å². The van der Waals surface area contributed by atoms with E-state index < -0.39 is 0 Å². The third-order valence-electron chi connectivity index (χ3n) is 5.16. The lowest BCUT2D eigenvalue weighted by atomic mass is 9.75. The van der Waals surface area contributed by atoms with E-state index in [2.05, 4.69) is 44.2 Å². The van der Waals surface area contributed by atoms with Crippen LogP contribution in [-0.2, 0) is 16.0 Å². The molecule has 1 heterocycles. The lowest BCUT2D eigenvalue weighted by molar-refractivity contribution is -0.133. The van der Waals surface area contributed by atoms with E-state index >= 15 is 0 Å². The molecular weight excluding hydrogens is 312 g/mol. The van der Waals surface area contributed by atoms with E-state index in [0.717, 1.165) is 25.9 Å². The highest BCUT2D eigenvalue weighted by atomic mass is 16.5. The average Bonchev–Trinajstić information content (AvgIpc) is 2.59. The average molecular weight is 342 g/mol. The summed E-state index contributed by atoms with van der Waals surface area (Å²) < 4.78 is 5.87. The molecule has 0 saturated carbocycles. The molecule has 0 bridgehead atoms. The van der Waals surface area contributed by atoms with Crippen LogP contribution in [-0.4, -0.2) is 36.6 Å². The maximum atomic E-state index is 12.6. The minimum atomic E-state index is -0.117. The number of carbonyl (C=O) groups is 1. The molecule has 0 unspecified atom stereocenters. The predicted octanol–water partition coefficient (Wildman–Crippen LogP) is 3.81. The Morgan fingerprint density at radius 1 is 1.40 bits per heavy atom. The zero-order valence-electron chi connectivity index (χ0n) is 15.7. The second-order valence-corrected chi connectivity index (χ2v) is 7.74. The van der Waals surface area contributed by atoms with Gasteiger partial charge in [0.1, 0.15) is 0 Å². The molecule has 2 rings (SSSR count). The van der Waals surface area contributed by atoms with Gasteiger partial charge in [0.05, 0.1) is 18.1 Å². The first kappa shape index (κ1) is 19.5. The van der Waals surface area contributed by atoms with Gasteiger partial charge in [-0.3, -0.25) is 4.79 Å². The van der Waals surface area contributed by atoms with Crippen molar-refractivity contribution in [2.24, 2.45) is 11.8 Å². The van der Waals surface area contributed by atoms with Crippen molar-refractivity contribution < 1.29 is 9.53 Å². The molecule has 0 aromatic heterocycles. The third-order valence-corrected chi connectivity index (χ3v) is 5.16. The van der Waals surface area contributed by atoms with Crippen molar-refractivity contribution in [3.63, 3.8) is 0 Å². The molecule has 0 N–H and O–H groups in total. The molecule has 1 amide bonds. The second kappa shape index (κ2) is 9.01. The summed E-state index contributed by atoms with van der Waals surface area (Å²) in [5, 5.41) is 8.73. The number of hydrogen-bond acceptors (Lipinski definition) is 3. The van der Waals surface area contributed by atoms with Crippen molar-refractivity contribution in [1.82, 2.24) is 4.90 Å². The number of ether oxygens (including phenoxy) is 1. The monoisotopic (exact) mass is 342 g/mol. The van der Waals surface area contributed by atoms with Crippen LogP contribution in [0.5, 0.6) is 0 Å². The fourth-order valence-corrected chi connectivity index (χ4v) is 3.73. The van der Waals surface area contributed by atoms with Gasteiger partial charge >= 0.3 is 0 Å². The Morgan fingerprint density at radius 3 is 2.76 bits per heavy atom. The molecule has 1 aliphatic rings. The third kappa shape index (κ3) is 6.17. The van der Waals surface area contributed by atoms with Crippen molar-refractivity contribution in [3.8, 4) is 6.07 Å². The molecule has 136 valence electrons. The number of rotatable bonds is 7. The lowest BCUT2D eigenvalue weighted by Crippen LogP contribution is -2.39. The van der Waals surface area contributed by atoms with Crippen molar-refractivity contribution in [3.05, 3.63) is 35.9 Å². The van der Waals surface area contributed by atoms with Gasteiger partial charge in [0.15, 0.2) is 0 Å². The van der Waals surface area contributed by atoms with Crippen molar-refractivity contribution in [2.45, 2.75) is 51.6 Å². The first-order valence-electron chi connectivity index (χ1n) is 9.20. The fraction of sp³-hybridized carbons (Fsp3) is 0.619. The van der Waals surface area contributed by atoms with Gasteiger partial charge in [0, 0.05) is 26.6 Å². The van der Waals surface area contributed by atoms with Gasteiger partial charge in [-0.25, -0.2) is 0 Å². The Bertz CT molecular complexity index is 592. The zero-order valence-corrected chi connectivity index (χ0v) is 15.7. The summed E-state index contributed by atoms with van der Waals surface area (Å²) in [6.07, 6.45) is 3.84. The van der Waals surface area contributed by atoms with Gasteiger partial charge in [-0.2, -0.15) is 5.26 Å². The van der Waals surface area contributed by atoms with Crippen LogP contribution in [0.2, 0.25) is 0 Å². The largest absolute Gasteiger partial charge is 0.376 e. The Labute approximate surface area is 151 Å². The minimum absolute atomic E-state index is 0.117. The van der Waals surface area contributed by atoms with E-state index in [1.165, 1.54) is 5.56 Å². The van der Waals surface area contributed by atoms with Crippen LogP contribution in [0.4, 0.5) is 0 Å². The maximum Gasteiger partial charge on any atom is 0.222 e. The molecule has 4 nitrogen and oxygen atoms in total. The summed E-state index contributed by atoms with van der Waals surface area (Å²) in [5.74, 6) is 0.931. The topological polar surface area (TPSA) is 53.3 Å². The molecule has 2 atom stereocenters. The standard InChI is InChI=1S/C21H30N2O2/c1-21(2)16-18(10-13-25-21)19(14-17-8-5-4-6-9-17)15-20(24)23(3)12-7-11-22/h4-6,8-9,18-19H,7,10,12-16H2,1-3H3/t18-,19-/m1/s1. The van der Waals surface area contributed by atoms with Crippen LogP contribution < -0.4 is 0 Å². The lowest BCUT2D eigenvalue weighted by Gasteiger charge is -2.39. The van der Waals surface area contributed by atoms with E-state index in [9.17, 15) is 4.79 Å². The van der Waals surface area contributed by atoms with E-state index in [1.54, 1.807) is 11.9 Å². The summed E-state index contributed by atoms with van der Waals surface area (Å²) in [5.41, 5.74) is 1.16. The highest BCUT2D eigenvalue weighted by Crippen LogP contribution is 2.36. The summed E-state index contributed by atoms with van der Waals surface area (Å²) >= 11 is 0. The second-order valence-electron chi connectivity index (χ2n) is 7.74. The number of nitriles is 1. The van der Waals surface area contributed by atoms with Crippen LogP contribution in [0.3, 0.4) is 0 Å². The van der Waals surface area contributed by atoms with Gasteiger partial charge in [0.25, 0.3) is 0 Å². The van der Waals surface area contributed by atoms with Crippen LogP contribution in [0.15, 0.2) is 30.3 Å².